The molecule has 2 aromatic rings. The largest absolute Gasteiger partial charge is 0.378 e. The Morgan fingerprint density at radius 1 is 1.33 bits per heavy atom. The van der Waals surface area contributed by atoms with E-state index in [0.29, 0.717) is 25.3 Å². The molecule has 3 rings (SSSR count). The normalized spacial score (nSPS) is 14.8. The molecule has 1 fully saturated rings. The van der Waals surface area contributed by atoms with Crippen molar-refractivity contribution in [2.75, 3.05) is 49.8 Å². The Kier molecular flexibility index (Phi) is 5.93. The van der Waals surface area contributed by atoms with Crippen molar-refractivity contribution in [2.24, 2.45) is 0 Å². The van der Waals surface area contributed by atoms with E-state index in [-0.39, 0.29) is 5.91 Å². The number of fused-ring (bicyclic) bond motifs is 1. The summed E-state index contributed by atoms with van der Waals surface area (Å²) in [5, 5.41) is 3.93. The SMILES string of the molecule is CSCCCNC(=O)c1cc(N2CCOCC2)nc2ccccc12. The second-order valence-corrected chi connectivity index (χ2v) is 6.73. The number of amides is 1. The molecule has 0 atom stereocenters. The number of hydrogen-bond acceptors (Lipinski definition) is 5. The molecule has 0 unspecified atom stereocenters. The number of pyridine rings is 1. The molecule has 0 radical (unpaired) electrons. The van der Waals surface area contributed by atoms with E-state index < -0.39 is 0 Å². The van der Waals surface area contributed by atoms with E-state index in [9.17, 15) is 4.79 Å². The summed E-state index contributed by atoms with van der Waals surface area (Å²) in [6, 6.07) is 9.74. The predicted molar refractivity (Wildman–Crippen MR) is 100 cm³/mol. The summed E-state index contributed by atoms with van der Waals surface area (Å²) in [4.78, 5) is 19.6. The van der Waals surface area contributed by atoms with Gasteiger partial charge in [-0.25, -0.2) is 4.98 Å². The van der Waals surface area contributed by atoms with Crippen molar-refractivity contribution in [2.45, 2.75) is 6.42 Å². The van der Waals surface area contributed by atoms with Crippen molar-refractivity contribution in [3.05, 3.63) is 35.9 Å². The standard InChI is InChI=1S/C18H23N3O2S/c1-24-12-4-7-19-18(22)15-13-17(21-8-10-23-11-9-21)20-16-6-3-2-5-14(15)16/h2-3,5-6,13H,4,7-12H2,1H3,(H,19,22). The molecule has 0 aliphatic carbocycles. The van der Waals surface area contributed by atoms with Crippen molar-refractivity contribution >= 4 is 34.4 Å². The number of benzene rings is 1. The van der Waals surface area contributed by atoms with Gasteiger partial charge >= 0.3 is 0 Å². The molecule has 5 nitrogen and oxygen atoms in total. The van der Waals surface area contributed by atoms with Crippen LogP contribution in [0, 0.1) is 0 Å². The molecule has 128 valence electrons. The zero-order chi connectivity index (χ0) is 16.8. The van der Waals surface area contributed by atoms with Gasteiger partial charge < -0.3 is 15.0 Å². The lowest BCUT2D eigenvalue weighted by Crippen LogP contribution is -2.37. The molecule has 1 aromatic carbocycles. The number of para-hydroxylation sites is 1. The van der Waals surface area contributed by atoms with E-state index in [1.807, 2.05) is 30.3 Å². The van der Waals surface area contributed by atoms with Crippen LogP contribution in [-0.4, -0.2) is 55.7 Å². The van der Waals surface area contributed by atoms with E-state index in [1.54, 1.807) is 11.8 Å². The average molecular weight is 345 g/mol. The lowest BCUT2D eigenvalue weighted by atomic mass is 10.1. The number of morpholine rings is 1. The Morgan fingerprint density at radius 3 is 2.92 bits per heavy atom. The lowest BCUT2D eigenvalue weighted by Gasteiger charge is -2.28. The predicted octanol–water partition coefficient (Wildman–Crippen LogP) is 2.55. The second-order valence-electron chi connectivity index (χ2n) is 5.75. The highest BCUT2D eigenvalue weighted by Gasteiger charge is 2.17. The molecule has 1 amide bonds. The van der Waals surface area contributed by atoms with Gasteiger partial charge in [-0.05, 0) is 30.6 Å². The van der Waals surface area contributed by atoms with Gasteiger partial charge in [-0.2, -0.15) is 11.8 Å². The van der Waals surface area contributed by atoms with Crippen LogP contribution in [-0.2, 0) is 4.74 Å². The third-order valence-electron chi connectivity index (χ3n) is 4.09. The highest BCUT2D eigenvalue weighted by Crippen LogP contribution is 2.23. The van der Waals surface area contributed by atoms with Crippen LogP contribution in [0.3, 0.4) is 0 Å². The molecule has 1 aliphatic rings. The van der Waals surface area contributed by atoms with Gasteiger partial charge in [0.1, 0.15) is 5.82 Å². The van der Waals surface area contributed by atoms with E-state index in [0.717, 1.165) is 42.0 Å². The van der Waals surface area contributed by atoms with E-state index in [2.05, 4.69) is 16.5 Å². The van der Waals surface area contributed by atoms with E-state index in [4.69, 9.17) is 9.72 Å². The Labute approximate surface area is 146 Å². The molecule has 0 spiro atoms. The number of nitrogens with zero attached hydrogens (tertiary/aromatic N) is 2. The zero-order valence-electron chi connectivity index (χ0n) is 14.0. The number of nitrogens with one attached hydrogen (secondary N) is 1. The van der Waals surface area contributed by atoms with E-state index >= 15 is 0 Å². The van der Waals surface area contributed by atoms with Crippen molar-refractivity contribution in [1.82, 2.24) is 10.3 Å². The van der Waals surface area contributed by atoms with E-state index in [1.165, 1.54) is 0 Å². The van der Waals surface area contributed by atoms with Crippen LogP contribution in [0.15, 0.2) is 30.3 Å². The van der Waals surface area contributed by atoms with Gasteiger partial charge in [-0.15, -0.1) is 0 Å². The number of hydrogen-bond donors (Lipinski definition) is 1. The van der Waals surface area contributed by atoms with Crippen LogP contribution in [0.2, 0.25) is 0 Å². The Balaban J connectivity index is 1.87. The maximum atomic E-state index is 12.7. The van der Waals surface area contributed by atoms with Crippen molar-refractivity contribution in [3.8, 4) is 0 Å². The minimum absolute atomic E-state index is 0.0239. The first kappa shape index (κ1) is 17.0. The fraction of sp³-hybridized carbons (Fsp3) is 0.444. The third kappa shape index (κ3) is 3.99. The van der Waals surface area contributed by atoms with Crippen LogP contribution < -0.4 is 10.2 Å². The topological polar surface area (TPSA) is 54.5 Å². The number of thioether (sulfide) groups is 1. The number of aromatic nitrogens is 1. The number of ether oxygens (including phenoxy) is 1. The lowest BCUT2D eigenvalue weighted by molar-refractivity contribution is 0.0955. The van der Waals surface area contributed by atoms with Gasteiger partial charge in [0, 0.05) is 25.0 Å². The van der Waals surface area contributed by atoms with Crippen molar-refractivity contribution < 1.29 is 9.53 Å². The monoisotopic (exact) mass is 345 g/mol. The molecule has 1 saturated heterocycles. The summed E-state index contributed by atoms with van der Waals surface area (Å²) in [6.45, 7) is 3.71. The maximum Gasteiger partial charge on any atom is 0.252 e. The quantitative estimate of drug-likeness (QED) is 0.816. The fourth-order valence-corrected chi connectivity index (χ4v) is 3.25. The van der Waals surface area contributed by atoms with Crippen molar-refractivity contribution in [3.63, 3.8) is 0 Å². The van der Waals surface area contributed by atoms with Crippen LogP contribution in [0.5, 0.6) is 0 Å². The summed E-state index contributed by atoms with van der Waals surface area (Å²) in [5.41, 5.74) is 1.56. The molecule has 1 aliphatic heterocycles. The fourth-order valence-electron chi connectivity index (χ4n) is 2.82. The Hall–Kier alpha value is -1.79. The minimum Gasteiger partial charge on any atom is -0.378 e. The zero-order valence-corrected chi connectivity index (χ0v) is 14.8. The van der Waals surface area contributed by atoms with Gasteiger partial charge in [0.25, 0.3) is 5.91 Å². The molecule has 1 N–H and O–H groups in total. The van der Waals surface area contributed by atoms with Gasteiger partial charge in [0.05, 0.1) is 24.3 Å². The molecule has 0 bridgehead atoms. The Morgan fingerprint density at radius 2 is 2.12 bits per heavy atom. The average Bonchev–Trinajstić information content (AvgIpc) is 2.65. The Bertz CT molecular complexity index is 702. The molecule has 24 heavy (non-hydrogen) atoms. The van der Waals surface area contributed by atoms with Crippen LogP contribution in [0.25, 0.3) is 10.9 Å². The molecule has 0 saturated carbocycles. The highest BCUT2D eigenvalue weighted by molar-refractivity contribution is 7.98. The van der Waals surface area contributed by atoms with Gasteiger partial charge in [0.2, 0.25) is 0 Å². The van der Waals surface area contributed by atoms with Crippen LogP contribution in [0.1, 0.15) is 16.8 Å². The van der Waals surface area contributed by atoms with Gasteiger partial charge in [-0.1, -0.05) is 18.2 Å². The van der Waals surface area contributed by atoms with Crippen LogP contribution in [0.4, 0.5) is 5.82 Å². The van der Waals surface area contributed by atoms with Gasteiger partial charge in [-0.3, -0.25) is 4.79 Å². The first-order chi connectivity index (χ1) is 11.8. The molecule has 6 heteroatoms. The first-order valence-electron chi connectivity index (χ1n) is 8.29. The number of rotatable bonds is 6. The molecule has 2 heterocycles. The second kappa shape index (κ2) is 8.35. The number of carbonyl (C=O) groups excluding carboxylic acids is 1. The summed E-state index contributed by atoms with van der Waals surface area (Å²) >= 11 is 1.79. The number of anilines is 1. The molecular weight excluding hydrogens is 322 g/mol. The summed E-state index contributed by atoms with van der Waals surface area (Å²) in [6.07, 6.45) is 3.05. The summed E-state index contributed by atoms with van der Waals surface area (Å²) < 4.78 is 5.41. The first-order valence-corrected chi connectivity index (χ1v) is 9.68. The highest BCUT2D eigenvalue weighted by atomic mass is 32.2. The van der Waals surface area contributed by atoms with Crippen LogP contribution >= 0.6 is 11.8 Å². The van der Waals surface area contributed by atoms with Crippen molar-refractivity contribution in [1.29, 1.82) is 0 Å². The minimum atomic E-state index is -0.0239. The molecule has 1 aromatic heterocycles. The smallest absolute Gasteiger partial charge is 0.252 e. The number of carbonyl (C=O) groups is 1. The van der Waals surface area contributed by atoms with Gasteiger partial charge in [0.15, 0.2) is 0 Å². The maximum absolute atomic E-state index is 12.7. The third-order valence-corrected chi connectivity index (χ3v) is 4.79. The summed E-state index contributed by atoms with van der Waals surface area (Å²) in [7, 11) is 0. The molecular formula is C18H23N3O2S. The summed E-state index contributed by atoms with van der Waals surface area (Å²) in [5.74, 6) is 1.88.